The first-order valence-electron chi connectivity index (χ1n) is 12.7. The predicted octanol–water partition coefficient (Wildman–Crippen LogP) is 5.58. The Morgan fingerprint density at radius 2 is 1.68 bits per heavy atom. The van der Waals surface area contributed by atoms with Gasteiger partial charge in [0.25, 0.3) is 5.56 Å². The second-order valence-electron chi connectivity index (χ2n) is 9.09. The average molecular weight is 548 g/mol. The molecule has 0 aliphatic heterocycles. The molecule has 0 atom stereocenters. The summed E-state index contributed by atoms with van der Waals surface area (Å²) in [6.07, 6.45) is 15.6. The maximum atomic E-state index is 12.8. The van der Waals surface area contributed by atoms with Gasteiger partial charge in [-0.05, 0) is 54.2 Å². The van der Waals surface area contributed by atoms with Gasteiger partial charge in [-0.2, -0.15) is 4.98 Å². The van der Waals surface area contributed by atoms with Gasteiger partial charge in [0.2, 0.25) is 0 Å². The summed E-state index contributed by atoms with van der Waals surface area (Å²) in [4.78, 5) is 41.9. The van der Waals surface area contributed by atoms with E-state index in [1.165, 1.54) is 23.7 Å². The number of aryl methyl sites for hydroxylation is 1. The number of hydrogen-bond acceptors (Lipinski definition) is 7. The fraction of sp³-hybridized carbons (Fsp3) is 0.310. The van der Waals surface area contributed by atoms with E-state index >= 15 is 0 Å². The van der Waals surface area contributed by atoms with Gasteiger partial charge in [0.05, 0.1) is 6.54 Å². The minimum Gasteiger partial charge on any atom is -0.323 e. The number of carbonyl (C=O) groups is 1. The number of halogens is 1. The highest BCUT2D eigenvalue weighted by atomic mass is 35.5. The quantitative estimate of drug-likeness (QED) is 0.116. The van der Waals surface area contributed by atoms with Crippen molar-refractivity contribution in [2.45, 2.75) is 56.6 Å². The molecule has 0 saturated heterocycles. The first kappa shape index (κ1) is 27.7. The van der Waals surface area contributed by atoms with Gasteiger partial charge in [-0.15, -0.1) is 0 Å². The second kappa shape index (κ2) is 14.5. The molecule has 7 nitrogen and oxygen atoms in total. The number of unbranched alkanes of at least 4 members (excludes halogenated alkanes) is 2. The molecular weight excluding hydrogens is 518 g/mol. The molecule has 0 aliphatic carbocycles. The Morgan fingerprint density at radius 1 is 0.895 bits per heavy atom. The molecule has 0 fully saturated rings. The molecule has 0 spiro atoms. The Hall–Kier alpha value is -3.36. The van der Waals surface area contributed by atoms with Crippen LogP contribution in [0.25, 0.3) is 0 Å². The molecule has 3 heterocycles. The van der Waals surface area contributed by atoms with E-state index < -0.39 is 0 Å². The lowest BCUT2D eigenvalue weighted by atomic mass is 10.0. The number of hydrogen-bond donors (Lipinski definition) is 0. The van der Waals surface area contributed by atoms with E-state index in [4.69, 9.17) is 11.6 Å². The number of aromatic nitrogens is 5. The minimum atomic E-state index is -0.272. The fourth-order valence-corrected chi connectivity index (χ4v) is 5.13. The van der Waals surface area contributed by atoms with Crippen molar-refractivity contribution in [2.24, 2.45) is 0 Å². The molecule has 0 bridgehead atoms. The number of rotatable bonds is 14. The molecule has 0 unspecified atom stereocenters. The number of benzene rings is 1. The number of Topliss-reactive ketones (excluding diaryl/α,β-unsaturated/α-hetero) is 1. The highest BCUT2D eigenvalue weighted by Gasteiger charge is 2.12. The van der Waals surface area contributed by atoms with Gasteiger partial charge in [-0.3, -0.25) is 14.6 Å². The maximum absolute atomic E-state index is 12.8. The van der Waals surface area contributed by atoms with Crippen molar-refractivity contribution in [3.05, 3.63) is 111 Å². The number of ketones is 1. The Bertz CT molecular complexity index is 1370. The van der Waals surface area contributed by atoms with Crippen LogP contribution in [-0.2, 0) is 24.2 Å². The molecule has 9 heteroatoms. The van der Waals surface area contributed by atoms with E-state index in [0.29, 0.717) is 42.3 Å². The van der Waals surface area contributed by atoms with Crippen molar-refractivity contribution >= 4 is 29.1 Å². The molecule has 0 amide bonds. The molecule has 0 N–H and O–H groups in total. The number of nitrogens with zero attached hydrogens (tertiary/aromatic N) is 5. The Kier molecular flexibility index (Phi) is 10.6. The largest absolute Gasteiger partial charge is 0.323 e. The lowest BCUT2D eigenvalue weighted by molar-refractivity contribution is -0.118. The molecule has 0 saturated carbocycles. The van der Waals surface area contributed by atoms with Crippen LogP contribution < -0.4 is 5.56 Å². The van der Waals surface area contributed by atoms with Crippen LogP contribution >= 0.6 is 23.4 Å². The molecule has 0 radical (unpaired) electrons. The van der Waals surface area contributed by atoms with E-state index in [-0.39, 0.29) is 11.3 Å². The summed E-state index contributed by atoms with van der Waals surface area (Å²) >= 11 is 7.37. The first-order valence-corrected chi connectivity index (χ1v) is 14.1. The second-order valence-corrected chi connectivity index (χ2v) is 10.6. The van der Waals surface area contributed by atoms with Crippen LogP contribution in [0.2, 0.25) is 5.02 Å². The summed E-state index contributed by atoms with van der Waals surface area (Å²) in [6, 6.07) is 11.8. The third-order valence-electron chi connectivity index (χ3n) is 6.06. The van der Waals surface area contributed by atoms with Gasteiger partial charge in [0.15, 0.2) is 5.16 Å². The SMILES string of the molecule is O=C(CCCCCc1ccc(Cl)cc1)CCSc1nc(=O)c(Cc2cncnc2)cn1Cc1cccnc1. The van der Waals surface area contributed by atoms with E-state index in [1.54, 1.807) is 24.8 Å². The van der Waals surface area contributed by atoms with Crippen LogP contribution in [0.4, 0.5) is 0 Å². The molecule has 3 aromatic heterocycles. The molecule has 1 aromatic carbocycles. The summed E-state index contributed by atoms with van der Waals surface area (Å²) in [5, 5.41) is 1.35. The Morgan fingerprint density at radius 3 is 2.45 bits per heavy atom. The molecule has 196 valence electrons. The number of carbonyl (C=O) groups excluding carboxylic acids is 1. The zero-order valence-electron chi connectivity index (χ0n) is 21.1. The Balaban J connectivity index is 1.30. The van der Waals surface area contributed by atoms with Crippen LogP contribution in [0.3, 0.4) is 0 Å². The summed E-state index contributed by atoms with van der Waals surface area (Å²) in [5.74, 6) is 0.820. The van der Waals surface area contributed by atoms with Crippen molar-refractivity contribution in [3.8, 4) is 0 Å². The van der Waals surface area contributed by atoms with E-state index in [1.807, 2.05) is 35.0 Å². The third-order valence-corrected chi connectivity index (χ3v) is 7.30. The summed E-state index contributed by atoms with van der Waals surface area (Å²) < 4.78 is 1.96. The van der Waals surface area contributed by atoms with Crippen LogP contribution in [0.15, 0.2) is 83.7 Å². The zero-order chi connectivity index (χ0) is 26.6. The van der Waals surface area contributed by atoms with Crippen molar-refractivity contribution in [2.75, 3.05) is 5.75 Å². The van der Waals surface area contributed by atoms with Crippen molar-refractivity contribution in [3.63, 3.8) is 0 Å². The monoisotopic (exact) mass is 547 g/mol. The average Bonchev–Trinajstić information content (AvgIpc) is 2.93. The normalized spacial score (nSPS) is 11.0. The molecular formula is C29H30ClN5O2S. The van der Waals surface area contributed by atoms with Crippen molar-refractivity contribution in [1.29, 1.82) is 0 Å². The fourth-order valence-electron chi connectivity index (χ4n) is 4.06. The topological polar surface area (TPSA) is 90.6 Å². The molecule has 4 rings (SSSR count). The lowest BCUT2D eigenvalue weighted by Crippen LogP contribution is -2.20. The highest BCUT2D eigenvalue weighted by Crippen LogP contribution is 2.19. The van der Waals surface area contributed by atoms with Gasteiger partial charge < -0.3 is 4.57 Å². The number of thioether (sulfide) groups is 1. The smallest absolute Gasteiger partial charge is 0.277 e. The van der Waals surface area contributed by atoms with Gasteiger partial charge in [0, 0.05) is 66.6 Å². The predicted molar refractivity (Wildman–Crippen MR) is 151 cm³/mol. The van der Waals surface area contributed by atoms with Crippen molar-refractivity contribution < 1.29 is 4.79 Å². The van der Waals surface area contributed by atoms with Gasteiger partial charge >= 0.3 is 0 Å². The summed E-state index contributed by atoms with van der Waals surface area (Å²) in [7, 11) is 0. The van der Waals surface area contributed by atoms with Crippen LogP contribution in [0, 0.1) is 0 Å². The lowest BCUT2D eigenvalue weighted by Gasteiger charge is -2.14. The van der Waals surface area contributed by atoms with Crippen LogP contribution in [-0.4, -0.2) is 36.0 Å². The third kappa shape index (κ3) is 8.89. The highest BCUT2D eigenvalue weighted by molar-refractivity contribution is 7.99. The van der Waals surface area contributed by atoms with E-state index in [9.17, 15) is 9.59 Å². The van der Waals surface area contributed by atoms with Gasteiger partial charge in [0.1, 0.15) is 12.1 Å². The maximum Gasteiger partial charge on any atom is 0.277 e. The van der Waals surface area contributed by atoms with Gasteiger partial charge in [-0.25, -0.2) is 9.97 Å². The molecule has 0 aliphatic rings. The van der Waals surface area contributed by atoms with E-state index in [2.05, 4.69) is 32.1 Å². The Labute approximate surface area is 231 Å². The zero-order valence-corrected chi connectivity index (χ0v) is 22.7. The first-order chi connectivity index (χ1) is 18.6. The van der Waals surface area contributed by atoms with Gasteiger partial charge in [-0.1, -0.05) is 48.0 Å². The number of pyridine rings is 1. The van der Waals surface area contributed by atoms with E-state index in [0.717, 1.165) is 41.8 Å². The summed E-state index contributed by atoms with van der Waals surface area (Å²) in [6.45, 7) is 0.531. The molecule has 38 heavy (non-hydrogen) atoms. The minimum absolute atomic E-state index is 0.242. The standard InChI is InChI=1S/C29H30ClN5O2S/c30-26-10-8-22(9-11-26)5-2-1-3-7-27(36)12-14-38-29-34-28(37)25(15-24-17-32-21-33-18-24)20-35(29)19-23-6-4-13-31-16-23/h4,6,8-11,13,16-18,20-21H,1-3,5,7,12,14-15,19H2. The molecule has 4 aromatic rings. The van der Waals surface area contributed by atoms with Crippen LogP contribution in [0.1, 0.15) is 54.4 Å². The van der Waals surface area contributed by atoms with Crippen molar-refractivity contribution in [1.82, 2.24) is 24.5 Å². The van der Waals surface area contributed by atoms with Crippen LogP contribution in [0.5, 0.6) is 0 Å². The summed E-state index contributed by atoms with van der Waals surface area (Å²) in [5.41, 5.74) is 3.42.